The number of unbranched alkanes of at least 4 members (excludes halogenated alkanes) is 4. The molecule has 0 saturated heterocycles. The summed E-state index contributed by atoms with van der Waals surface area (Å²) in [5.41, 5.74) is 7.22. The molecule has 0 aliphatic heterocycles. The van der Waals surface area contributed by atoms with E-state index in [2.05, 4.69) is 76.2 Å². The minimum absolute atomic E-state index is 0.452. The zero-order chi connectivity index (χ0) is 31.1. The van der Waals surface area contributed by atoms with Gasteiger partial charge in [-0.25, -0.2) is 4.79 Å². The third-order valence-electron chi connectivity index (χ3n) is 8.18. The van der Waals surface area contributed by atoms with Crippen molar-refractivity contribution < 1.29 is 14.3 Å². The quantitative estimate of drug-likeness (QED) is 0.0739. The van der Waals surface area contributed by atoms with E-state index in [-0.39, 0.29) is 0 Å². The van der Waals surface area contributed by atoms with Crippen LogP contribution in [0.25, 0.3) is 22.3 Å². The monoisotopic (exact) mass is 590 g/mol. The highest BCUT2D eigenvalue weighted by Crippen LogP contribution is 2.26. The summed E-state index contributed by atoms with van der Waals surface area (Å²) in [4.78, 5) is 12.4. The summed E-state index contributed by atoms with van der Waals surface area (Å²) in [5.74, 6) is 2.49. The van der Waals surface area contributed by atoms with Crippen LogP contribution in [0, 0.1) is 11.8 Å². The molecule has 0 amide bonds. The second-order valence-corrected chi connectivity index (χ2v) is 12.9. The van der Waals surface area contributed by atoms with E-state index in [0.717, 1.165) is 46.9 Å². The van der Waals surface area contributed by atoms with Crippen LogP contribution in [0.15, 0.2) is 97.1 Å². The van der Waals surface area contributed by atoms with Crippen LogP contribution in [0.2, 0.25) is 0 Å². The molecule has 3 heteroatoms. The average molecular weight is 591 g/mol. The Morgan fingerprint density at radius 3 is 1.09 bits per heavy atom. The Morgan fingerprint density at radius 2 is 0.773 bits per heavy atom. The van der Waals surface area contributed by atoms with Crippen LogP contribution < -0.4 is 9.47 Å². The highest BCUT2D eigenvalue weighted by atomic mass is 16.7. The van der Waals surface area contributed by atoms with E-state index in [1.807, 2.05) is 24.3 Å². The fourth-order valence-electron chi connectivity index (χ4n) is 5.49. The van der Waals surface area contributed by atoms with Gasteiger partial charge in [0, 0.05) is 0 Å². The Labute approximate surface area is 265 Å². The molecule has 0 bridgehead atoms. The molecule has 0 N–H and O–H groups in total. The summed E-state index contributed by atoms with van der Waals surface area (Å²) >= 11 is 0. The van der Waals surface area contributed by atoms with Crippen LogP contribution in [0.5, 0.6) is 11.5 Å². The molecule has 0 aliphatic carbocycles. The molecule has 0 fully saturated rings. The molecule has 0 aliphatic rings. The maximum Gasteiger partial charge on any atom is 0.519 e. The average Bonchev–Trinajstić information content (AvgIpc) is 3.02. The zero-order valence-electron chi connectivity index (χ0n) is 27.2. The second kappa shape index (κ2) is 17.4. The Bertz CT molecular complexity index is 1270. The van der Waals surface area contributed by atoms with Gasteiger partial charge in [-0.05, 0) is 95.2 Å². The molecular formula is C41H50O3. The Balaban J connectivity index is 1.20. The van der Waals surface area contributed by atoms with Gasteiger partial charge in [-0.2, -0.15) is 0 Å². The predicted molar refractivity (Wildman–Crippen MR) is 184 cm³/mol. The smallest absolute Gasteiger partial charge is 0.395 e. The van der Waals surface area contributed by atoms with Crippen LogP contribution in [-0.4, -0.2) is 6.16 Å². The number of hydrogen-bond donors (Lipinski definition) is 0. The summed E-state index contributed by atoms with van der Waals surface area (Å²) in [6.45, 7) is 9.16. The summed E-state index contributed by atoms with van der Waals surface area (Å²) in [7, 11) is 0. The summed E-state index contributed by atoms with van der Waals surface area (Å²) in [6, 6.07) is 32.6. The van der Waals surface area contributed by atoms with E-state index in [9.17, 15) is 4.79 Å². The first kappa shape index (κ1) is 33.1. The first-order valence-corrected chi connectivity index (χ1v) is 16.6. The van der Waals surface area contributed by atoms with Gasteiger partial charge in [0.2, 0.25) is 0 Å². The molecule has 0 heterocycles. The molecule has 4 aromatic carbocycles. The summed E-state index contributed by atoms with van der Waals surface area (Å²) in [6.07, 6.45) is 11.8. The first-order chi connectivity index (χ1) is 21.4. The summed E-state index contributed by atoms with van der Waals surface area (Å²) < 4.78 is 10.9. The predicted octanol–water partition coefficient (Wildman–Crippen LogP) is 12.1. The van der Waals surface area contributed by atoms with Gasteiger partial charge >= 0.3 is 6.16 Å². The lowest BCUT2D eigenvalue weighted by Gasteiger charge is -2.09. The van der Waals surface area contributed by atoms with Crippen LogP contribution in [0.4, 0.5) is 4.79 Å². The minimum Gasteiger partial charge on any atom is -0.395 e. The third kappa shape index (κ3) is 11.3. The van der Waals surface area contributed by atoms with Crippen LogP contribution in [0.1, 0.15) is 90.2 Å². The van der Waals surface area contributed by atoms with Crippen LogP contribution >= 0.6 is 0 Å². The molecule has 0 radical (unpaired) electrons. The first-order valence-electron chi connectivity index (χ1n) is 16.6. The van der Waals surface area contributed by atoms with E-state index in [0.29, 0.717) is 11.5 Å². The van der Waals surface area contributed by atoms with E-state index < -0.39 is 6.16 Å². The van der Waals surface area contributed by atoms with E-state index in [4.69, 9.17) is 9.47 Å². The van der Waals surface area contributed by atoms with Crippen LogP contribution in [0.3, 0.4) is 0 Å². The Hall–Kier alpha value is -3.85. The molecule has 0 saturated carbocycles. The standard InChI is InChI=1S/C41H50O3/c1-31(2)11-7-5-9-13-33-15-19-35(20-16-33)37-23-27-39(28-24-37)43-41(42)44-40-29-25-38(26-30-40)36-21-17-34(18-22-36)14-10-6-8-12-32(3)4/h15-32H,5-14H2,1-4H3. The Morgan fingerprint density at radius 1 is 0.455 bits per heavy atom. The number of rotatable bonds is 16. The van der Waals surface area contributed by atoms with Crippen molar-refractivity contribution in [1.82, 2.24) is 0 Å². The lowest BCUT2D eigenvalue weighted by Crippen LogP contribution is -2.13. The maximum absolute atomic E-state index is 12.4. The van der Waals surface area contributed by atoms with Crippen molar-refractivity contribution in [2.75, 3.05) is 0 Å². The van der Waals surface area contributed by atoms with E-state index in [1.54, 1.807) is 24.3 Å². The van der Waals surface area contributed by atoms with Crippen molar-refractivity contribution in [2.24, 2.45) is 11.8 Å². The lowest BCUT2D eigenvalue weighted by molar-refractivity contribution is 0.152. The van der Waals surface area contributed by atoms with Crippen molar-refractivity contribution in [3.8, 4) is 33.8 Å². The number of ether oxygens (including phenoxy) is 2. The number of aryl methyl sites for hydroxylation is 2. The van der Waals surface area contributed by atoms with Crippen molar-refractivity contribution in [1.29, 1.82) is 0 Å². The van der Waals surface area contributed by atoms with Gasteiger partial charge in [0.15, 0.2) is 0 Å². The molecule has 4 rings (SSSR count). The highest BCUT2D eigenvalue weighted by Gasteiger charge is 2.09. The molecule has 0 aromatic heterocycles. The molecule has 3 nitrogen and oxygen atoms in total. The third-order valence-corrected chi connectivity index (χ3v) is 8.18. The van der Waals surface area contributed by atoms with E-state index in [1.165, 1.54) is 62.5 Å². The van der Waals surface area contributed by atoms with E-state index >= 15 is 0 Å². The van der Waals surface area contributed by atoms with Crippen molar-refractivity contribution in [2.45, 2.75) is 91.9 Å². The van der Waals surface area contributed by atoms with Crippen LogP contribution in [-0.2, 0) is 12.8 Å². The molecule has 0 unspecified atom stereocenters. The summed E-state index contributed by atoms with van der Waals surface area (Å²) in [5, 5.41) is 0. The molecule has 0 spiro atoms. The molecule has 44 heavy (non-hydrogen) atoms. The van der Waals surface area contributed by atoms with Crippen molar-refractivity contribution >= 4 is 6.16 Å². The van der Waals surface area contributed by atoms with Gasteiger partial charge in [-0.1, -0.05) is 139 Å². The largest absolute Gasteiger partial charge is 0.519 e. The fraction of sp³-hybridized carbons (Fsp3) is 0.390. The second-order valence-electron chi connectivity index (χ2n) is 12.9. The SMILES string of the molecule is CC(C)CCCCCc1ccc(-c2ccc(OC(=O)Oc3ccc(-c4ccc(CCCCCC(C)C)cc4)cc3)cc2)cc1. The topological polar surface area (TPSA) is 35.5 Å². The van der Waals surface area contributed by atoms with Gasteiger partial charge < -0.3 is 9.47 Å². The van der Waals surface area contributed by atoms with Gasteiger partial charge in [0.25, 0.3) is 0 Å². The fourth-order valence-corrected chi connectivity index (χ4v) is 5.49. The lowest BCUT2D eigenvalue weighted by atomic mass is 10.00. The normalized spacial score (nSPS) is 11.2. The zero-order valence-corrected chi connectivity index (χ0v) is 27.2. The Kier molecular flexibility index (Phi) is 13.1. The number of hydrogen-bond acceptors (Lipinski definition) is 3. The number of carbonyl (C=O) groups is 1. The minimum atomic E-state index is -0.749. The van der Waals surface area contributed by atoms with Gasteiger partial charge in [-0.3, -0.25) is 0 Å². The molecular weight excluding hydrogens is 540 g/mol. The number of benzene rings is 4. The molecule has 232 valence electrons. The number of carbonyl (C=O) groups excluding carboxylic acids is 1. The van der Waals surface area contributed by atoms with Crippen molar-refractivity contribution in [3.05, 3.63) is 108 Å². The van der Waals surface area contributed by atoms with Gasteiger partial charge in [-0.15, -0.1) is 0 Å². The molecule has 4 aromatic rings. The highest BCUT2D eigenvalue weighted by molar-refractivity contribution is 5.70. The van der Waals surface area contributed by atoms with Crippen molar-refractivity contribution in [3.63, 3.8) is 0 Å². The van der Waals surface area contributed by atoms with Gasteiger partial charge in [0.1, 0.15) is 11.5 Å². The van der Waals surface area contributed by atoms with Gasteiger partial charge in [0.05, 0.1) is 0 Å². The maximum atomic E-state index is 12.4. The molecule has 0 atom stereocenters.